The lowest BCUT2D eigenvalue weighted by Gasteiger charge is -2.35. The van der Waals surface area contributed by atoms with Crippen molar-refractivity contribution in [3.63, 3.8) is 0 Å². The number of ether oxygens (including phenoxy) is 2. The fraction of sp³-hybridized carbons (Fsp3) is 0.417. The Balaban J connectivity index is 1.63. The Morgan fingerprint density at radius 2 is 1.88 bits per heavy atom. The fourth-order valence-electron chi connectivity index (χ4n) is 4.84. The van der Waals surface area contributed by atoms with Gasteiger partial charge in [0, 0.05) is 4.88 Å². The van der Waals surface area contributed by atoms with Crippen molar-refractivity contribution in [3.8, 4) is 0 Å². The van der Waals surface area contributed by atoms with E-state index >= 15 is 0 Å². The van der Waals surface area contributed by atoms with Crippen LogP contribution in [0.25, 0.3) is 0 Å². The van der Waals surface area contributed by atoms with Crippen LogP contribution >= 0.6 is 11.3 Å². The number of benzene rings is 1. The zero-order valence-electron chi connectivity index (χ0n) is 18.2. The molecule has 7 nitrogen and oxygen atoms in total. The molecule has 0 saturated heterocycles. The predicted octanol–water partition coefficient (Wildman–Crippen LogP) is 4.05. The Morgan fingerprint density at radius 3 is 2.53 bits per heavy atom. The minimum atomic E-state index is -0.635. The molecule has 1 amide bonds. The Morgan fingerprint density at radius 1 is 1.16 bits per heavy atom. The third kappa shape index (κ3) is 3.16. The fourth-order valence-corrected chi connectivity index (χ4v) is 5.77. The summed E-state index contributed by atoms with van der Waals surface area (Å²) in [5.74, 6) is -0.825. The number of Topliss-reactive ketones (excluding diaryl/α,β-unsaturated/α-hetero) is 1. The molecule has 1 aromatic carbocycles. The molecule has 3 unspecified atom stereocenters. The minimum absolute atomic E-state index is 0.00107. The van der Waals surface area contributed by atoms with E-state index in [2.05, 4.69) is 4.98 Å². The first-order valence-corrected chi connectivity index (χ1v) is 11.6. The zero-order chi connectivity index (χ0) is 22.6. The zero-order valence-corrected chi connectivity index (χ0v) is 19.0. The van der Waals surface area contributed by atoms with Crippen LogP contribution in [-0.4, -0.2) is 35.9 Å². The van der Waals surface area contributed by atoms with Crippen LogP contribution in [0.5, 0.6) is 0 Å². The largest absolute Gasteiger partial charge is 0.483 e. The second-order valence-corrected chi connectivity index (χ2v) is 9.67. The van der Waals surface area contributed by atoms with Crippen molar-refractivity contribution in [1.29, 1.82) is 0 Å². The summed E-state index contributed by atoms with van der Waals surface area (Å²) in [6, 6.07) is 6.20. The lowest BCUT2D eigenvalue weighted by Crippen LogP contribution is -2.39. The summed E-state index contributed by atoms with van der Waals surface area (Å²) < 4.78 is 11.0. The third-order valence-electron chi connectivity index (χ3n) is 6.63. The van der Waals surface area contributed by atoms with Crippen LogP contribution in [0, 0.1) is 19.8 Å². The topological polar surface area (TPSA) is 85.8 Å². The number of hydrogen-bond acceptors (Lipinski definition) is 7. The number of ketones is 1. The van der Waals surface area contributed by atoms with Gasteiger partial charge in [-0.1, -0.05) is 18.6 Å². The van der Waals surface area contributed by atoms with Gasteiger partial charge in [-0.15, -0.1) is 11.3 Å². The first kappa shape index (κ1) is 20.9. The van der Waals surface area contributed by atoms with Gasteiger partial charge in [0.15, 0.2) is 16.7 Å². The number of methoxy groups -OCH3 is 1. The molecule has 166 valence electrons. The number of hydrogen-bond donors (Lipinski definition) is 0. The van der Waals surface area contributed by atoms with E-state index in [-0.39, 0.29) is 29.5 Å². The van der Waals surface area contributed by atoms with Gasteiger partial charge in [0.05, 0.1) is 35.9 Å². The number of fused-ring (bicyclic) bond motifs is 1. The second kappa shape index (κ2) is 7.85. The van der Waals surface area contributed by atoms with E-state index in [1.54, 1.807) is 29.2 Å². The van der Waals surface area contributed by atoms with Gasteiger partial charge >= 0.3 is 5.97 Å². The molecule has 0 spiro atoms. The highest BCUT2D eigenvalue weighted by molar-refractivity contribution is 7.15. The first-order chi connectivity index (χ1) is 15.4. The Labute approximate surface area is 190 Å². The molecule has 0 bridgehead atoms. The number of anilines is 1. The highest BCUT2D eigenvalue weighted by Gasteiger charge is 2.53. The first-order valence-electron chi connectivity index (χ1n) is 10.8. The maximum atomic E-state index is 13.6. The highest BCUT2D eigenvalue weighted by atomic mass is 32.1. The Kier molecular flexibility index (Phi) is 5.12. The molecule has 1 fully saturated rings. The normalized spacial score (nSPS) is 24.8. The molecule has 0 radical (unpaired) electrons. The van der Waals surface area contributed by atoms with Crippen molar-refractivity contribution in [2.45, 2.75) is 51.7 Å². The average molecular weight is 453 g/mol. The van der Waals surface area contributed by atoms with E-state index in [4.69, 9.17) is 9.47 Å². The number of rotatable bonds is 3. The van der Waals surface area contributed by atoms with E-state index in [1.165, 1.54) is 18.4 Å². The molecular weight excluding hydrogens is 428 g/mol. The van der Waals surface area contributed by atoms with Gasteiger partial charge in [0.1, 0.15) is 6.10 Å². The van der Waals surface area contributed by atoms with Crippen LogP contribution in [0.3, 0.4) is 0 Å². The quantitative estimate of drug-likeness (QED) is 0.653. The van der Waals surface area contributed by atoms with E-state index in [1.807, 2.05) is 13.8 Å². The summed E-state index contributed by atoms with van der Waals surface area (Å²) in [7, 11) is 1.33. The smallest absolute Gasteiger partial charge is 0.337 e. The summed E-state index contributed by atoms with van der Waals surface area (Å²) in [4.78, 5) is 46.3. The highest BCUT2D eigenvalue weighted by Crippen LogP contribution is 2.49. The van der Waals surface area contributed by atoms with Crippen LogP contribution < -0.4 is 4.90 Å². The molecule has 5 rings (SSSR count). The maximum Gasteiger partial charge on any atom is 0.337 e. The van der Waals surface area contributed by atoms with Crippen LogP contribution in [0.2, 0.25) is 0 Å². The molecule has 2 aliphatic heterocycles. The van der Waals surface area contributed by atoms with Crippen LogP contribution in [-0.2, 0) is 19.1 Å². The van der Waals surface area contributed by atoms with Crippen molar-refractivity contribution in [2.75, 3.05) is 12.0 Å². The summed E-state index contributed by atoms with van der Waals surface area (Å²) in [5.41, 5.74) is 2.39. The molecule has 1 saturated carbocycles. The van der Waals surface area contributed by atoms with Crippen LogP contribution in [0.4, 0.5) is 5.13 Å². The summed E-state index contributed by atoms with van der Waals surface area (Å²) in [6.07, 6.45) is 3.31. The van der Waals surface area contributed by atoms with Gasteiger partial charge in [0.25, 0.3) is 5.91 Å². The molecular formula is C24H24N2O5S. The number of amides is 1. The molecule has 0 N–H and O–H groups in total. The second-order valence-electron chi connectivity index (χ2n) is 8.48. The average Bonchev–Trinajstić information content (AvgIpc) is 3.29. The van der Waals surface area contributed by atoms with Gasteiger partial charge in [-0.05, 0) is 50.8 Å². The number of nitrogens with zero attached hydrogens (tertiary/aromatic N) is 2. The van der Waals surface area contributed by atoms with Crippen LogP contribution in [0.15, 0.2) is 35.6 Å². The Bertz CT molecular complexity index is 1130. The molecule has 32 heavy (non-hydrogen) atoms. The number of carbonyl (C=O) groups excluding carboxylic acids is 3. The van der Waals surface area contributed by atoms with Crippen LogP contribution in [0.1, 0.15) is 58.2 Å². The van der Waals surface area contributed by atoms with Gasteiger partial charge in [-0.2, -0.15) is 0 Å². The van der Waals surface area contributed by atoms with E-state index < -0.39 is 12.0 Å². The van der Waals surface area contributed by atoms with Crippen molar-refractivity contribution in [3.05, 3.63) is 57.3 Å². The summed E-state index contributed by atoms with van der Waals surface area (Å²) in [5, 5.41) is 0.542. The van der Waals surface area contributed by atoms with Crippen molar-refractivity contribution < 1.29 is 23.9 Å². The number of aromatic nitrogens is 1. The van der Waals surface area contributed by atoms with E-state index in [9.17, 15) is 14.4 Å². The van der Waals surface area contributed by atoms with E-state index in [0.29, 0.717) is 16.3 Å². The van der Waals surface area contributed by atoms with Gasteiger partial charge < -0.3 is 9.47 Å². The number of carbonyl (C=O) groups is 3. The number of aryl methyl sites for hydroxylation is 2. The lowest BCUT2D eigenvalue weighted by molar-refractivity contribution is -0.131. The molecule has 3 atom stereocenters. The third-order valence-corrected chi connectivity index (χ3v) is 7.71. The molecule has 8 heteroatoms. The summed E-state index contributed by atoms with van der Waals surface area (Å²) in [6.45, 7) is 3.86. The van der Waals surface area contributed by atoms with Gasteiger partial charge in [-0.25, -0.2) is 9.78 Å². The monoisotopic (exact) mass is 452 g/mol. The number of esters is 1. The molecule has 1 aromatic heterocycles. The molecule has 1 aliphatic carbocycles. The molecule has 2 aromatic rings. The van der Waals surface area contributed by atoms with Gasteiger partial charge in [0.2, 0.25) is 0 Å². The van der Waals surface area contributed by atoms with Crippen molar-refractivity contribution >= 4 is 34.1 Å². The number of thiazole rings is 1. The van der Waals surface area contributed by atoms with E-state index in [0.717, 1.165) is 41.8 Å². The summed E-state index contributed by atoms with van der Waals surface area (Å²) >= 11 is 1.42. The molecule has 3 aliphatic rings. The van der Waals surface area contributed by atoms with Crippen molar-refractivity contribution in [1.82, 2.24) is 4.98 Å². The van der Waals surface area contributed by atoms with Gasteiger partial charge in [-0.3, -0.25) is 14.5 Å². The Hall–Kier alpha value is -3.00. The predicted molar refractivity (Wildman–Crippen MR) is 118 cm³/mol. The van der Waals surface area contributed by atoms with Crippen molar-refractivity contribution in [2.24, 2.45) is 5.92 Å². The molecule has 3 heterocycles. The maximum absolute atomic E-state index is 13.6. The standard InChI is InChI=1S/C24H24N2O5S/c1-12-13(2)32-24(25-12)26-19(14-8-10-15(11-9-14)23(29)30-3)18-20(27)16-6-4-5-7-17(16)31-21(18)22(26)28/h8-11,16-17,19H,4-7H2,1-3H3. The minimum Gasteiger partial charge on any atom is -0.483 e. The lowest BCUT2D eigenvalue weighted by atomic mass is 9.77. The SMILES string of the molecule is COC(=O)c1ccc(C2C3=C(OC4CCCCC4C3=O)C(=O)N2c2nc(C)c(C)s2)cc1.